The van der Waals surface area contributed by atoms with Crippen molar-refractivity contribution in [1.29, 1.82) is 0 Å². The quantitative estimate of drug-likeness (QED) is 0.775. The Kier molecular flexibility index (Phi) is 5.19. The zero-order valence-electron chi connectivity index (χ0n) is 11.0. The van der Waals surface area contributed by atoms with Crippen molar-refractivity contribution in [1.82, 2.24) is 4.98 Å². The molecule has 110 valence electrons. The molecule has 0 aliphatic rings. The van der Waals surface area contributed by atoms with Gasteiger partial charge in [0.1, 0.15) is 5.75 Å². The van der Waals surface area contributed by atoms with E-state index in [9.17, 15) is 9.90 Å². The van der Waals surface area contributed by atoms with Crippen LogP contribution in [-0.2, 0) is 4.79 Å². The van der Waals surface area contributed by atoms with Crippen molar-refractivity contribution in [3.05, 3.63) is 51.2 Å². The maximum absolute atomic E-state index is 11.5. The van der Waals surface area contributed by atoms with E-state index in [1.54, 1.807) is 43.6 Å². The number of aliphatic carboxylic acids is 1. The number of carbonyl (C=O) groups is 1. The second-order valence-corrected chi connectivity index (χ2v) is 5.94. The van der Waals surface area contributed by atoms with Gasteiger partial charge in [0.15, 0.2) is 6.04 Å². The first kappa shape index (κ1) is 15.8. The highest BCUT2D eigenvalue weighted by molar-refractivity contribution is 9.11. The molecule has 7 heteroatoms. The van der Waals surface area contributed by atoms with Gasteiger partial charge in [-0.15, -0.1) is 0 Å². The van der Waals surface area contributed by atoms with Crippen molar-refractivity contribution in [3.8, 4) is 5.75 Å². The number of hydrogen-bond acceptors (Lipinski definition) is 4. The molecule has 0 radical (unpaired) electrons. The van der Waals surface area contributed by atoms with Gasteiger partial charge in [0.05, 0.1) is 12.8 Å². The summed E-state index contributed by atoms with van der Waals surface area (Å²) in [6.07, 6.45) is 1.56. The van der Waals surface area contributed by atoms with Crippen molar-refractivity contribution >= 4 is 43.5 Å². The first-order valence-corrected chi connectivity index (χ1v) is 7.54. The molecule has 0 amide bonds. The molecule has 0 aliphatic carbocycles. The summed E-state index contributed by atoms with van der Waals surface area (Å²) in [5.41, 5.74) is 1.03. The number of aromatic nitrogens is 1. The molecule has 0 fully saturated rings. The van der Waals surface area contributed by atoms with Gasteiger partial charge in [-0.05, 0) is 50.1 Å². The first-order chi connectivity index (χ1) is 10.0. The topological polar surface area (TPSA) is 71.5 Å². The van der Waals surface area contributed by atoms with Crippen LogP contribution in [0, 0.1) is 0 Å². The van der Waals surface area contributed by atoms with Crippen LogP contribution in [0.3, 0.4) is 0 Å². The van der Waals surface area contributed by atoms with Gasteiger partial charge >= 0.3 is 5.97 Å². The van der Waals surface area contributed by atoms with Crippen molar-refractivity contribution in [2.24, 2.45) is 0 Å². The van der Waals surface area contributed by atoms with Crippen LogP contribution in [0.2, 0.25) is 0 Å². The highest BCUT2D eigenvalue weighted by Crippen LogP contribution is 2.28. The number of anilines is 1. The van der Waals surface area contributed by atoms with E-state index < -0.39 is 12.0 Å². The van der Waals surface area contributed by atoms with E-state index in [0.717, 1.165) is 4.47 Å². The number of pyridine rings is 1. The summed E-state index contributed by atoms with van der Waals surface area (Å²) in [7, 11) is 1.56. The fourth-order valence-electron chi connectivity index (χ4n) is 1.76. The van der Waals surface area contributed by atoms with Crippen LogP contribution in [0.5, 0.6) is 5.75 Å². The Bertz CT molecular complexity index is 664. The largest absolute Gasteiger partial charge is 0.497 e. The maximum Gasteiger partial charge on any atom is 0.332 e. The van der Waals surface area contributed by atoms with Crippen molar-refractivity contribution < 1.29 is 14.6 Å². The molecule has 1 atom stereocenters. The van der Waals surface area contributed by atoms with E-state index in [1.807, 2.05) is 0 Å². The maximum atomic E-state index is 11.5. The fourth-order valence-corrected chi connectivity index (χ4v) is 2.98. The Morgan fingerprint density at radius 1 is 1.38 bits per heavy atom. The standard InChI is InChI=1S/C14H12Br2N2O3/c1-21-10-4-2-3-9(6-10)18-13(14(19)20)12-11(16)5-8(15)7-17-12/h2-7,13,18H,1H3,(H,19,20). The number of nitrogens with zero attached hydrogens (tertiary/aromatic N) is 1. The summed E-state index contributed by atoms with van der Waals surface area (Å²) in [5.74, 6) is -0.375. The average molecular weight is 416 g/mol. The third-order valence-electron chi connectivity index (χ3n) is 2.74. The molecule has 0 bridgehead atoms. The summed E-state index contributed by atoms with van der Waals surface area (Å²) in [6, 6.07) is 7.85. The number of nitrogens with one attached hydrogen (secondary N) is 1. The minimum absolute atomic E-state index is 0.397. The molecule has 2 N–H and O–H groups in total. The average Bonchev–Trinajstić information content (AvgIpc) is 2.45. The Morgan fingerprint density at radius 2 is 2.14 bits per heavy atom. The molecular formula is C14H12Br2N2O3. The van der Waals surface area contributed by atoms with Gasteiger partial charge < -0.3 is 15.2 Å². The van der Waals surface area contributed by atoms with Crippen LogP contribution >= 0.6 is 31.9 Å². The van der Waals surface area contributed by atoms with Crippen LogP contribution in [-0.4, -0.2) is 23.2 Å². The molecule has 1 aromatic heterocycles. The smallest absolute Gasteiger partial charge is 0.332 e. The van der Waals surface area contributed by atoms with Crippen molar-refractivity contribution in [2.75, 3.05) is 12.4 Å². The number of halogens is 2. The fraction of sp³-hybridized carbons (Fsp3) is 0.143. The van der Waals surface area contributed by atoms with Gasteiger partial charge in [-0.25, -0.2) is 4.79 Å². The number of hydrogen-bond donors (Lipinski definition) is 2. The van der Waals surface area contributed by atoms with E-state index in [2.05, 4.69) is 42.2 Å². The number of carboxylic acid groups (broad SMARTS) is 1. The number of carboxylic acids is 1. The molecule has 0 aliphatic heterocycles. The summed E-state index contributed by atoms with van der Waals surface area (Å²) in [6.45, 7) is 0. The van der Waals surface area contributed by atoms with E-state index in [4.69, 9.17) is 4.74 Å². The van der Waals surface area contributed by atoms with E-state index in [0.29, 0.717) is 21.6 Å². The number of methoxy groups -OCH3 is 1. The van der Waals surface area contributed by atoms with Gasteiger partial charge in [-0.3, -0.25) is 4.98 Å². The van der Waals surface area contributed by atoms with Gasteiger partial charge in [-0.1, -0.05) is 6.07 Å². The molecule has 1 heterocycles. The molecule has 2 rings (SSSR count). The minimum Gasteiger partial charge on any atom is -0.497 e. The predicted octanol–water partition coefficient (Wildman–Crippen LogP) is 3.85. The van der Waals surface area contributed by atoms with Crippen molar-refractivity contribution in [3.63, 3.8) is 0 Å². The second-order valence-electron chi connectivity index (χ2n) is 4.17. The third kappa shape index (κ3) is 3.95. The summed E-state index contributed by atoms with van der Waals surface area (Å²) in [4.78, 5) is 15.7. The molecule has 0 saturated heterocycles. The third-order valence-corrected chi connectivity index (χ3v) is 3.81. The lowest BCUT2D eigenvalue weighted by molar-refractivity contribution is -0.138. The van der Waals surface area contributed by atoms with Crippen LogP contribution in [0.15, 0.2) is 45.5 Å². The van der Waals surface area contributed by atoms with E-state index in [-0.39, 0.29) is 0 Å². The minimum atomic E-state index is -1.02. The summed E-state index contributed by atoms with van der Waals surface area (Å²) in [5, 5.41) is 12.4. The summed E-state index contributed by atoms with van der Waals surface area (Å²) < 4.78 is 6.50. The van der Waals surface area contributed by atoms with Gasteiger partial charge in [0.25, 0.3) is 0 Å². The zero-order valence-corrected chi connectivity index (χ0v) is 14.2. The number of ether oxygens (including phenoxy) is 1. The SMILES string of the molecule is COc1cccc(NC(C(=O)O)c2ncc(Br)cc2Br)c1. The molecule has 1 aromatic carbocycles. The normalized spacial score (nSPS) is 11.8. The van der Waals surface area contributed by atoms with E-state index in [1.165, 1.54) is 0 Å². The van der Waals surface area contributed by atoms with Crippen LogP contribution < -0.4 is 10.1 Å². The monoisotopic (exact) mass is 414 g/mol. The highest BCUT2D eigenvalue weighted by Gasteiger charge is 2.24. The van der Waals surface area contributed by atoms with Crippen LogP contribution in [0.1, 0.15) is 11.7 Å². The predicted molar refractivity (Wildman–Crippen MR) is 86.6 cm³/mol. The van der Waals surface area contributed by atoms with Crippen LogP contribution in [0.4, 0.5) is 5.69 Å². The molecule has 5 nitrogen and oxygen atoms in total. The lowest BCUT2D eigenvalue weighted by atomic mass is 10.1. The Morgan fingerprint density at radius 3 is 2.76 bits per heavy atom. The van der Waals surface area contributed by atoms with Crippen molar-refractivity contribution in [2.45, 2.75) is 6.04 Å². The number of rotatable bonds is 5. The summed E-state index contributed by atoms with van der Waals surface area (Å²) >= 11 is 6.63. The molecule has 0 spiro atoms. The zero-order chi connectivity index (χ0) is 15.4. The first-order valence-electron chi connectivity index (χ1n) is 5.95. The van der Waals surface area contributed by atoms with Crippen LogP contribution in [0.25, 0.3) is 0 Å². The molecule has 0 saturated carbocycles. The molecule has 21 heavy (non-hydrogen) atoms. The molecule has 1 unspecified atom stereocenters. The van der Waals surface area contributed by atoms with Gasteiger partial charge in [-0.2, -0.15) is 0 Å². The molecule has 2 aromatic rings. The van der Waals surface area contributed by atoms with Gasteiger partial charge in [0, 0.05) is 26.9 Å². The van der Waals surface area contributed by atoms with E-state index >= 15 is 0 Å². The second kappa shape index (κ2) is 6.91. The highest BCUT2D eigenvalue weighted by atomic mass is 79.9. The molecular weight excluding hydrogens is 404 g/mol. The number of benzene rings is 1. The lowest BCUT2D eigenvalue weighted by Crippen LogP contribution is -2.22. The Labute approximate surface area is 138 Å². The lowest BCUT2D eigenvalue weighted by Gasteiger charge is -2.17. The van der Waals surface area contributed by atoms with Gasteiger partial charge in [0.2, 0.25) is 0 Å². The Hall–Kier alpha value is -1.60. The Balaban J connectivity index is 2.33.